The number of hydrogen-bond donors (Lipinski definition) is 0. The van der Waals surface area contributed by atoms with Crippen LogP contribution in [0.15, 0.2) is 24.3 Å². The number of aromatic nitrogens is 1. The molecular formula is C15H14ClN3OS. The Kier molecular flexibility index (Phi) is 4.00. The quantitative estimate of drug-likeness (QED) is 0.840. The maximum Gasteiger partial charge on any atom is 0.188 e. The van der Waals surface area contributed by atoms with Gasteiger partial charge in [-0.2, -0.15) is 5.26 Å². The predicted molar refractivity (Wildman–Crippen MR) is 84.0 cm³/mol. The topological polar surface area (TPSA) is 49.1 Å². The number of thiazole rings is 1. The molecule has 0 aliphatic heterocycles. The molecule has 1 saturated carbocycles. The number of benzene rings is 1. The van der Waals surface area contributed by atoms with Crippen LogP contribution in [-0.2, 0) is 6.54 Å². The Labute approximate surface area is 132 Å². The summed E-state index contributed by atoms with van der Waals surface area (Å²) in [5, 5.41) is 10.2. The summed E-state index contributed by atoms with van der Waals surface area (Å²) in [6.07, 6.45) is 2.32. The van der Waals surface area contributed by atoms with Crippen LogP contribution in [0.4, 0.5) is 5.13 Å². The van der Waals surface area contributed by atoms with Crippen LogP contribution >= 0.6 is 22.9 Å². The standard InChI is InChI=1S/C15H14ClN3OS/c1-20-12-6-2-10(3-7-12)9-19(11-4-5-11)15-18-14(16)13(8-17)21-15/h2-3,6-7,11H,4-5,9H2,1H3. The molecule has 108 valence electrons. The summed E-state index contributed by atoms with van der Waals surface area (Å²) in [4.78, 5) is 7.05. The number of hydrogen-bond acceptors (Lipinski definition) is 5. The summed E-state index contributed by atoms with van der Waals surface area (Å²) in [6, 6.07) is 10.6. The highest BCUT2D eigenvalue weighted by Crippen LogP contribution is 2.37. The van der Waals surface area contributed by atoms with E-state index < -0.39 is 0 Å². The first kappa shape index (κ1) is 14.2. The molecule has 1 aliphatic rings. The molecule has 0 radical (unpaired) electrons. The number of ether oxygens (including phenoxy) is 1. The van der Waals surface area contributed by atoms with Gasteiger partial charge in [-0.25, -0.2) is 4.98 Å². The van der Waals surface area contributed by atoms with Crippen LogP contribution in [0.25, 0.3) is 0 Å². The molecule has 0 bridgehead atoms. The second-order valence-corrected chi connectivity index (χ2v) is 6.27. The van der Waals surface area contributed by atoms with Crippen molar-refractivity contribution < 1.29 is 4.74 Å². The van der Waals surface area contributed by atoms with Gasteiger partial charge in [-0.15, -0.1) is 0 Å². The highest BCUT2D eigenvalue weighted by molar-refractivity contribution is 7.16. The highest BCUT2D eigenvalue weighted by Gasteiger charge is 2.31. The number of methoxy groups -OCH3 is 1. The van der Waals surface area contributed by atoms with Gasteiger partial charge in [0.15, 0.2) is 10.3 Å². The van der Waals surface area contributed by atoms with Crippen molar-refractivity contribution in [1.82, 2.24) is 4.98 Å². The zero-order chi connectivity index (χ0) is 14.8. The summed E-state index contributed by atoms with van der Waals surface area (Å²) in [5.74, 6) is 0.848. The van der Waals surface area contributed by atoms with E-state index >= 15 is 0 Å². The molecule has 2 aromatic rings. The second-order valence-electron chi connectivity index (χ2n) is 4.94. The summed E-state index contributed by atoms with van der Waals surface area (Å²) in [6.45, 7) is 0.767. The molecule has 1 fully saturated rings. The minimum atomic E-state index is 0.304. The fourth-order valence-electron chi connectivity index (χ4n) is 2.15. The third-order valence-electron chi connectivity index (χ3n) is 3.42. The van der Waals surface area contributed by atoms with E-state index in [4.69, 9.17) is 21.6 Å². The van der Waals surface area contributed by atoms with Gasteiger partial charge >= 0.3 is 0 Å². The largest absolute Gasteiger partial charge is 0.497 e. The summed E-state index contributed by atoms with van der Waals surface area (Å²) < 4.78 is 5.17. The third-order valence-corrected chi connectivity index (χ3v) is 4.80. The lowest BCUT2D eigenvalue weighted by molar-refractivity contribution is 0.414. The molecule has 0 spiro atoms. The fraction of sp³-hybridized carbons (Fsp3) is 0.333. The first-order valence-electron chi connectivity index (χ1n) is 6.67. The molecule has 21 heavy (non-hydrogen) atoms. The average molecular weight is 320 g/mol. The Bertz CT molecular complexity index is 673. The highest BCUT2D eigenvalue weighted by atomic mass is 35.5. The summed E-state index contributed by atoms with van der Waals surface area (Å²) >= 11 is 7.35. The first-order chi connectivity index (χ1) is 10.2. The van der Waals surface area contributed by atoms with Crippen molar-refractivity contribution in [2.45, 2.75) is 25.4 Å². The molecule has 0 unspecified atom stereocenters. The predicted octanol–water partition coefficient (Wildman–Crippen LogP) is 3.85. The van der Waals surface area contributed by atoms with Crippen LogP contribution < -0.4 is 9.64 Å². The smallest absolute Gasteiger partial charge is 0.188 e. The maximum atomic E-state index is 9.02. The maximum absolute atomic E-state index is 9.02. The molecule has 6 heteroatoms. The van der Waals surface area contributed by atoms with Gasteiger partial charge in [-0.05, 0) is 30.5 Å². The molecule has 4 nitrogen and oxygen atoms in total. The van der Waals surface area contributed by atoms with Gasteiger partial charge in [0.05, 0.1) is 7.11 Å². The Morgan fingerprint density at radius 3 is 2.67 bits per heavy atom. The van der Waals surface area contributed by atoms with E-state index in [1.54, 1.807) is 7.11 Å². The van der Waals surface area contributed by atoms with Crippen molar-refractivity contribution in [1.29, 1.82) is 5.26 Å². The number of anilines is 1. The van der Waals surface area contributed by atoms with Gasteiger partial charge < -0.3 is 9.64 Å². The van der Waals surface area contributed by atoms with Crippen LogP contribution in [0.5, 0.6) is 5.75 Å². The molecule has 0 N–H and O–H groups in total. The number of rotatable bonds is 5. The van der Waals surface area contributed by atoms with Gasteiger partial charge in [0.2, 0.25) is 0 Å². The molecule has 0 amide bonds. The lowest BCUT2D eigenvalue weighted by atomic mass is 10.2. The van der Waals surface area contributed by atoms with Crippen LogP contribution in [0, 0.1) is 11.3 Å². The summed E-state index contributed by atoms with van der Waals surface area (Å²) in [7, 11) is 1.66. The van der Waals surface area contributed by atoms with E-state index in [9.17, 15) is 0 Å². The number of nitriles is 1. The van der Waals surface area contributed by atoms with Gasteiger partial charge in [-0.1, -0.05) is 35.1 Å². The van der Waals surface area contributed by atoms with E-state index in [1.807, 2.05) is 12.1 Å². The Balaban J connectivity index is 1.82. The Morgan fingerprint density at radius 1 is 1.43 bits per heavy atom. The van der Waals surface area contributed by atoms with E-state index in [2.05, 4.69) is 28.1 Å². The molecule has 1 heterocycles. The molecule has 0 saturated heterocycles. The molecule has 3 rings (SSSR count). The van der Waals surface area contributed by atoms with Crippen molar-refractivity contribution >= 4 is 28.1 Å². The monoisotopic (exact) mass is 319 g/mol. The third kappa shape index (κ3) is 3.12. The molecule has 1 aromatic carbocycles. The van der Waals surface area contributed by atoms with Crippen LogP contribution in [0.2, 0.25) is 5.15 Å². The second kappa shape index (κ2) is 5.92. The van der Waals surface area contributed by atoms with Crippen molar-refractivity contribution in [3.8, 4) is 11.8 Å². The number of halogens is 1. The first-order valence-corrected chi connectivity index (χ1v) is 7.86. The van der Waals surface area contributed by atoms with E-state index in [0.717, 1.165) is 30.3 Å². The van der Waals surface area contributed by atoms with Gasteiger partial charge in [0, 0.05) is 12.6 Å². The average Bonchev–Trinajstić information content (AvgIpc) is 3.28. The Hall–Kier alpha value is -1.77. The summed E-state index contributed by atoms with van der Waals surface area (Å²) in [5.41, 5.74) is 1.19. The SMILES string of the molecule is COc1ccc(CN(c2nc(Cl)c(C#N)s2)C2CC2)cc1. The lowest BCUT2D eigenvalue weighted by Gasteiger charge is -2.21. The zero-order valence-electron chi connectivity index (χ0n) is 11.5. The fourth-order valence-corrected chi connectivity index (χ4v) is 3.26. The van der Waals surface area contributed by atoms with Crippen molar-refractivity contribution in [2.24, 2.45) is 0 Å². The van der Waals surface area contributed by atoms with Gasteiger partial charge in [0.25, 0.3) is 0 Å². The molecule has 0 atom stereocenters. The minimum absolute atomic E-state index is 0.304. The van der Waals surface area contributed by atoms with Crippen LogP contribution in [0.3, 0.4) is 0 Å². The van der Waals surface area contributed by atoms with Crippen molar-refractivity contribution in [3.05, 3.63) is 39.9 Å². The van der Waals surface area contributed by atoms with Gasteiger partial charge in [-0.3, -0.25) is 0 Å². The molecule has 1 aromatic heterocycles. The lowest BCUT2D eigenvalue weighted by Crippen LogP contribution is -2.24. The normalized spacial score (nSPS) is 13.8. The van der Waals surface area contributed by atoms with Crippen LogP contribution in [0.1, 0.15) is 23.3 Å². The Morgan fingerprint density at radius 2 is 2.14 bits per heavy atom. The molecular weight excluding hydrogens is 306 g/mol. The van der Waals surface area contributed by atoms with Crippen molar-refractivity contribution in [3.63, 3.8) is 0 Å². The van der Waals surface area contributed by atoms with E-state index in [0.29, 0.717) is 16.1 Å². The van der Waals surface area contributed by atoms with Gasteiger partial charge in [0.1, 0.15) is 16.7 Å². The number of nitrogens with zero attached hydrogens (tertiary/aromatic N) is 3. The molecule has 1 aliphatic carbocycles. The minimum Gasteiger partial charge on any atom is -0.497 e. The van der Waals surface area contributed by atoms with E-state index in [1.165, 1.54) is 16.9 Å². The van der Waals surface area contributed by atoms with Crippen molar-refractivity contribution in [2.75, 3.05) is 12.0 Å². The van der Waals surface area contributed by atoms with Crippen LogP contribution in [-0.4, -0.2) is 18.1 Å². The zero-order valence-corrected chi connectivity index (χ0v) is 13.1. The van der Waals surface area contributed by atoms with E-state index in [-0.39, 0.29) is 0 Å².